The minimum atomic E-state index is -4.33. The molecule has 5 heteroatoms. The Balaban J connectivity index is 2.10. The summed E-state index contributed by atoms with van der Waals surface area (Å²) in [4.78, 5) is 0. The summed E-state index contributed by atoms with van der Waals surface area (Å²) in [5.41, 5.74) is -0.882. The highest BCUT2D eigenvalue weighted by Gasteiger charge is 2.34. The molecule has 0 radical (unpaired) electrons. The van der Waals surface area contributed by atoms with Crippen molar-refractivity contribution >= 4 is 5.69 Å². The van der Waals surface area contributed by atoms with Gasteiger partial charge in [0.05, 0.1) is 11.2 Å². The lowest BCUT2D eigenvalue weighted by molar-refractivity contribution is -0.137. The fourth-order valence-electron chi connectivity index (χ4n) is 2.14. The SMILES string of the molecule is CC1(CNc2ccccc2C(F)(F)F)CCCO1. The van der Waals surface area contributed by atoms with E-state index in [1.165, 1.54) is 12.1 Å². The first-order chi connectivity index (χ1) is 8.41. The first-order valence-electron chi connectivity index (χ1n) is 5.95. The van der Waals surface area contributed by atoms with E-state index in [0.29, 0.717) is 13.2 Å². The van der Waals surface area contributed by atoms with Crippen molar-refractivity contribution in [3.8, 4) is 0 Å². The molecule has 2 rings (SSSR count). The summed E-state index contributed by atoms with van der Waals surface area (Å²) in [6.45, 7) is 2.99. The second kappa shape index (κ2) is 4.80. The highest BCUT2D eigenvalue weighted by atomic mass is 19.4. The molecule has 1 aromatic rings. The van der Waals surface area contributed by atoms with Gasteiger partial charge >= 0.3 is 6.18 Å². The summed E-state index contributed by atoms with van der Waals surface area (Å²) in [5.74, 6) is 0. The van der Waals surface area contributed by atoms with Gasteiger partial charge in [-0.25, -0.2) is 0 Å². The first kappa shape index (κ1) is 13.2. The number of rotatable bonds is 3. The van der Waals surface area contributed by atoms with E-state index in [0.717, 1.165) is 18.9 Å². The van der Waals surface area contributed by atoms with Gasteiger partial charge in [-0.2, -0.15) is 13.2 Å². The molecule has 100 valence electrons. The maximum atomic E-state index is 12.8. The van der Waals surface area contributed by atoms with E-state index in [-0.39, 0.29) is 11.3 Å². The zero-order valence-corrected chi connectivity index (χ0v) is 10.2. The zero-order chi connectivity index (χ0) is 13.2. The lowest BCUT2D eigenvalue weighted by Gasteiger charge is -2.25. The molecule has 18 heavy (non-hydrogen) atoms. The molecule has 1 fully saturated rings. The lowest BCUT2D eigenvalue weighted by Crippen LogP contribution is -2.33. The molecule has 1 aliphatic rings. The van der Waals surface area contributed by atoms with Crippen LogP contribution in [0.25, 0.3) is 0 Å². The summed E-state index contributed by atoms with van der Waals surface area (Å²) in [6.07, 6.45) is -2.51. The fourth-order valence-corrected chi connectivity index (χ4v) is 2.14. The number of benzene rings is 1. The molecule has 1 aromatic carbocycles. The van der Waals surface area contributed by atoms with Crippen LogP contribution in [-0.4, -0.2) is 18.8 Å². The number of alkyl halides is 3. The van der Waals surface area contributed by atoms with E-state index >= 15 is 0 Å². The van der Waals surface area contributed by atoms with Gasteiger partial charge in [-0.15, -0.1) is 0 Å². The van der Waals surface area contributed by atoms with Crippen LogP contribution in [-0.2, 0) is 10.9 Å². The number of halogens is 3. The molecule has 0 aromatic heterocycles. The summed E-state index contributed by atoms with van der Waals surface area (Å²) in [7, 11) is 0. The van der Waals surface area contributed by atoms with Crippen LogP contribution in [0.1, 0.15) is 25.3 Å². The third kappa shape index (κ3) is 2.96. The van der Waals surface area contributed by atoms with Gasteiger partial charge in [0.15, 0.2) is 0 Å². The van der Waals surface area contributed by atoms with Crippen molar-refractivity contribution in [1.82, 2.24) is 0 Å². The summed E-state index contributed by atoms with van der Waals surface area (Å²) in [5, 5.41) is 2.86. The smallest absolute Gasteiger partial charge is 0.382 e. The monoisotopic (exact) mass is 259 g/mol. The van der Waals surface area contributed by atoms with Crippen LogP contribution in [0, 0.1) is 0 Å². The molecule has 0 saturated carbocycles. The molecule has 0 bridgehead atoms. The third-order valence-electron chi connectivity index (χ3n) is 3.19. The predicted molar refractivity (Wildman–Crippen MR) is 63.5 cm³/mol. The Hall–Kier alpha value is -1.23. The average molecular weight is 259 g/mol. The van der Waals surface area contributed by atoms with E-state index in [2.05, 4.69) is 5.32 Å². The van der Waals surface area contributed by atoms with E-state index in [1.54, 1.807) is 6.07 Å². The Morgan fingerprint density at radius 1 is 1.33 bits per heavy atom. The molecular weight excluding hydrogens is 243 g/mol. The third-order valence-corrected chi connectivity index (χ3v) is 3.19. The second-order valence-corrected chi connectivity index (χ2v) is 4.80. The topological polar surface area (TPSA) is 21.3 Å². The molecule has 1 unspecified atom stereocenters. The quantitative estimate of drug-likeness (QED) is 0.894. The average Bonchev–Trinajstić information content (AvgIpc) is 2.73. The van der Waals surface area contributed by atoms with Crippen LogP contribution >= 0.6 is 0 Å². The van der Waals surface area contributed by atoms with Crippen molar-refractivity contribution in [3.63, 3.8) is 0 Å². The molecule has 2 nitrogen and oxygen atoms in total. The molecule has 1 heterocycles. The van der Waals surface area contributed by atoms with Crippen molar-refractivity contribution in [2.75, 3.05) is 18.5 Å². The Kier molecular flexibility index (Phi) is 3.52. The lowest BCUT2D eigenvalue weighted by atomic mass is 10.0. The number of hydrogen-bond acceptors (Lipinski definition) is 2. The van der Waals surface area contributed by atoms with Gasteiger partial charge in [0, 0.05) is 18.8 Å². The number of hydrogen-bond donors (Lipinski definition) is 1. The molecule has 0 aliphatic carbocycles. The van der Waals surface area contributed by atoms with Gasteiger partial charge < -0.3 is 10.1 Å². The molecule has 1 saturated heterocycles. The van der Waals surface area contributed by atoms with Gasteiger partial charge in [0.1, 0.15) is 0 Å². The second-order valence-electron chi connectivity index (χ2n) is 4.80. The van der Waals surface area contributed by atoms with Crippen LogP contribution in [0.5, 0.6) is 0 Å². The summed E-state index contributed by atoms with van der Waals surface area (Å²) >= 11 is 0. The number of nitrogens with one attached hydrogen (secondary N) is 1. The Morgan fingerprint density at radius 2 is 2.06 bits per heavy atom. The van der Waals surface area contributed by atoms with E-state index in [4.69, 9.17) is 4.74 Å². The maximum Gasteiger partial charge on any atom is 0.418 e. The Bertz CT molecular complexity index is 411. The van der Waals surface area contributed by atoms with Gasteiger partial charge in [-0.05, 0) is 31.9 Å². The molecule has 1 atom stereocenters. The normalized spacial score (nSPS) is 24.2. The molecular formula is C13H16F3NO. The number of para-hydroxylation sites is 1. The Labute approximate surface area is 104 Å². The fraction of sp³-hybridized carbons (Fsp3) is 0.538. The van der Waals surface area contributed by atoms with E-state index < -0.39 is 11.7 Å². The summed E-state index contributed by atoms with van der Waals surface area (Å²) < 4.78 is 43.9. The highest BCUT2D eigenvalue weighted by Crippen LogP contribution is 2.35. The van der Waals surface area contributed by atoms with Crippen LogP contribution in [0.2, 0.25) is 0 Å². The van der Waals surface area contributed by atoms with Gasteiger partial charge in [0.2, 0.25) is 0 Å². The number of anilines is 1. The van der Waals surface area contributed by atoms with Crippen LogP contribution < -0.4 is 5.32 Å². The van der Waals surface area contributed by atoms with Crippen molar-refractivity contribution in [2.24, 2.45) is 0 Å². The minimum Gasteiger partial charge on any atom is -0.382 e. The minimum absolute atomic E-state index is 0.113. The number of ether oxygens (including phenoxy) is 1. The van der Waals surface area contributed by atoms with E-state index in [9.17, 15) is 13.2 Å². The molecule has 1 N–H and O–H groups in total. The predicted octanol–water partition coefficient (Wildman–Crippen LogP) is 3.69. The zero-order valence-electron chi connectivity index (χ0n) is 10.2. The van der Waals surface area contributed by atoms with Crippen molar-refractivity contribution in [1.29, 1.82) is 0 Å². The van der Waals surface area contributed by atoms with Crippen LogP contribution in [0.3, 0.4) is 0 Å². The van der Waals surface area contributed by atoms with Crippen molar-refractivity contribution in [2.45, 2.75) is 31.5 Å². The molecule has 0 amide bonds. The highest BCUT2D eigenvalue weighted by molar-refractivity contribution is 5.52. The van der Waals surface area contributed by atoms with Crippen molar-refractivity contribution in [3.05, 3.63) is 29.8 Å². The van der Waals surface area contributed by atoms with Gasteiger partial charge in [-0.3, -0.25) is 0 Å². The Morgan fingerprint density at radius 3 is 2.67 bits per heavy atom. The first-order valence-corrected chi connectivity index (χ1v) is 5.95. The van der Waals surface area contributed by atoms with E-state index in [1.807, 2.05) is 6.92 Å². The van der Waals surface area contributed by atoms with Gasteiger partial charge in [-0.1, -0.05) is 12.1 Å². The maximum absolute atomic E-state index is 12.8. The molecule has 0 spiro atoms. The van der Waals surface area contributed by atoms with Crippen molar-refractivity contribution < 1.29 is 17.9 Å². The summed E-state index contributed by atoms with van der Waals surface area (Å²) in [6, 6.07) is 5.51. The van der Waals surface area contributed by atoms with Crippen LogP contribution in [0.4, 0.5) is 18.9 Å². The molecule has 1 aliphatic heterocycles. The largest absolute Gasteiger partial charge is 0.418 e. The van der Waals surface area contributed by atoms with Gasteiger partial charge in [0.25, 0.3) is 0 Å². The standard InChI is InChI=1S/C13H16F3NO/c1-12(7-4-8-18-12)9-17-11-6-3-2-5-10(11)13(14,15)16/h2-3,5-6,17H,4,7-9H2,1H3. The van der Waals surface area contributed by atoms with Crippen LogP contribution in [0.15, 0.2) is 24.3 Å².